The summed E-state index contributed by atoms with van der Waals surface area (Å²) in [5.74, 6) is 0.873. The molecule has 0 unspecified atom stereocenters. The maximum absolute atomic E-state index is 12.4. The maximum atomic E-state index is 12.4. The fourth-order valence-corrected chi connectivity index (χ4v) is 4.21. The lowest BCUT2D eigenvalue weighted by molar-refractivity contribution is -0.384. The summed E-state index contributed by atoms with van der Waals surface area (Å²) in [7, 11) is 3.33. The number of hydrogen-bond acceptors (Lipinski definition) is 7. The van der Waals surface area contributed by atoms with Crippen molar-refractivity contribution in [3.63, 3.8) is 0 Å². The highest BCUT2D eigenvalue weighted by atomic mass is 79.9. The summed E-state index contributed by atoms with van der Waals surface area (Å²) in [6, 6.07) is 9.83. The summed E-state index contributed by atoms with van der Waals surface area (Å²) in [6.45, 7) is 2.43. The Morgan fingerprint density at radius 1 is 1.26 bits per heavy atom. The first kappa shape index (κ1) is 22.8. The van der Waals surface area contributed by atoms with Crippen molar-refractivity contribution < 1.29 is 19.2 Å². The van der Waals surface area contributed by atoms with Crippen LogP contribution < -0.4 is 9.47 Å². The molecule has 0 N–H and O–H groups in total. The molecule has 1 aliphatic heterocycles. The Labute approximate surface area is 192 Å². The maximum Gasteiger partial charge on any atom is 0.269 e. The van der Waals surface area contributed by atoms with Gasteiger partial charge >= 0.3 is 0 Å². The van der Waals surface area contributed by atoms with Gasteiger partial charge in [-0.3, -0.25) is 24.8 Å². The van der Waals surface area contributed by atoms with Crippen LogP contribution in [-0.4, -0.2) is 41.6 Å². The standard InChI is InChI=1S/C21H20BrN3O5S/c1-4-29-17-9-14(10-19-20(26)24(3)21(23-2)31-19)16(22)11-18(17)30-12-13-6-5-7-15(8-13)25(27)28/h5-11H,4,12H2,1-3H3/b19-10-,23-21?. The molecule has 1 aliphatic rings. The Kier molecular flexibility index (Phi) is 7.34. The van der Waals surface area contributed by atoms with Gasteiger partial charge in [0, 0.05) is 30.7 Å². The zero-order valence-electron chi connectivity index (χ0n) is 17.1. The fraction of sp³-hybridized carbons (Fsp3) is 0.238. The predicted octanol–water partition coefficient (Wildman–Crippen LogP) is 4.87. The molecule has 0 bridgehead atoms. The number of likely N-dealkylation sites (N-methyl/N-ethyl adjacent to an activating group) is 1. The van der Waals surface area contributed by atoms with E-state index in [-0.39, 0.29) is 18.2 Å². The molecule has 0 atom stereocenters. The number of thioether (sulfide) groups is 1. The van der Waals surface area contributed by atoms with Gasteiger partial charge in [0.15, 0.2) is 16.7 Å². The highest BCUT2D eigenvalue weighted by Gasteiger charge is 2.30. The number of non-ortho nitro benzene ring substituents is 1. The number of benzene rings is 2. The second-order valence-electron chi connectivity index (χ2n) is 6.45. The zero-order valence-corrected chi connectivity index (χ0v) is 19.5. The summed E-state index contributed by atoms with van der Waals surface area (Å²) < 4.78 is 12.3. The fourth-order valence-electron chi connectivity index (χ4n) is 2.85. The number of carbonyl (C=O) groups excluding carboxylic acids is 1. The average molecular weight is 506 g/mol. The number of nitro groups is 1. The molecule has 0 aliphatic carbocycles. The topological polar surface area (TPSA) is 94.3 Å². The van der Waals surface area contributed by atoms with Crippen molar-refractivity contribution in [1.82, 2.24) is 4.90 Å². The van der Waals surface area contributed by atoms with Crippen molar-refractivity contribution in [2.24, 2.45) is 4.99 Å². The van der Waals surface area contributed by atoms with Gasteiger partial charge in [-0.1, -0.05) is 28.1 Å². The molecular weight excluding hydrogens is 486 g/mol. The van der Waals surface area contributed by atoms with Crippen molar-refractivity contribution in [3.8, 4) is 11.5 Å². The van der Waals surface area contributed by atoms with E-state index in [0.717, 1.165) is 10.0 Å². The van der Waals surface area contributed by atoms with Crippen LogP contribution in [0, 0.1) is 10.1 Å². The lowest BCUT2D eigenvalue weighted by Crippen LogP contribution is -2.23. The molecule has 1 saturated heterocycles. The minimum atomic E-state index is -0.442. The van der Waals surface area contributed by atoms with Crippen molar-refractivity contribution >= 4 is 50.5 Å². The van der Waals surface area contributed by atoms with Gasteiger partial charge in [-0.15, -0.1) is 0 Å². The quantitative estimate of drug-likeness (QED) is 0.302. The molecule has 2 aromatic carbocycles. The number of nitrogens with zero attached hydrogens (tertiary/aromatic N) is 3. The number of nitro benzene ring substituents is 1. The third-order valence-corrected chi connectivity index (χ3v) is 6.20. The van der Waals surface area contributed by atoms with Crippen LogP contribution in [0.25, 0.3) is 6.08 Å². The molecule has 1 fully saturated rings. The van der Waals surface area contributed by atoms with Gasteiger partial charge in [-0.2, -0.15) is 0 Å². The van der Waals surface area contributed by atoms with E-state index in [0.29, 0.717) is 33.7 Å². The number of rotatable bonds is 7. The van der Waals surface area contributed by atoms with Crippen LogP contribution in [0.15, 0.2) is 50.8 Å². The zero-order chi connectivity index (χ0) is 22.5. The Morgan fingerprint density at radius 2 is 2.00 bits per heavy atom. The van der Waals surface area contributed by atoms with Gasteiger partial charge in [0.2, 0.25) is 0 Å². The minimum absolute atomic E-state index is 0.00738. The van der Waals surface area contributed by atoms with Gasteiger partial charge in [-0.25, -0.2) is 0 Å². The smallest absolute Gasteiger partial charge is 0.269 e. The normalized spacial score (nSPS) is 16.3. The summed E-state index contributed by atoms with van der Waals surface area (Å²) in [4.78, 5) is 29.1. The van der Waals surface area contributed by atoms with Crippen molar-refractivity contribution in [3.05, 3.63) is 67.0 Å². The van der Waals surface area contributed by atoms with Crippen LogP contribution in [0.4, 0.5) is 5.69 Å². The van der Waals surface area contributed by atoms with Gasteiger partial charge in [0.1, 0.15) is 6.61 Å². The molecular formula is C21H20BrN3O5S. The first-order valence-electron chi connectivity index (χ1n) is 9.31. The largest absolute Gasteiger partial charge is 0.490 e. The van der Waals surface area contributed by atoms with E-state index < -0.39 is 4.92 Å². The predicted molar refractivity (Wildman–Crippen MR) is 124 cm³/mol. The third-order valence-electron chi connectivity index (χ3n) is 4.36. The Bertz CT molecular complexity index is 1090. The third kappa shape index (κ3) is 5.26. The van der Waals surface area contributed by atoms with Crippen LogP contribution in [0.5, 0.6) is 11.5 Å². The molecule has 162 valence electrons. The van der Waals surface area contributed by atoms with E-state index in [1.165, 1.54) is 28.8 Å². The lowest BCUT2D eigenvalue weighted by Gasteiger charge is -2.14. The van der Waals surface area contributed by atoms with Crippen LogP contribution >= 0.6 is 27.7 Å². The number of halogens is 1. The van der Waals surface area contributed by atoms with Crippen LogP contribution in [0.1, 0.15) is 18.1 Å². The van der Waals surface area contributed by atoms with E-state index in [1.54, 1.807) is 44.4 Å². The molecule has 0 radical (unpaired) electrons. The van der Waals surface area contributed by atoms with Crippen LogP contribution in [-0.2, 0) is 11.4 Å². The second kappa shape index (κ2) is 9.97. The lowest BCUT2D eigenvalue weighted by atomic mass is 10.1. The number of aliphatic imine (C=N–C) groups is 1. The molecule has 8 nitrogen and oxygen atoms in total. The highest BCUT2D eigenvalue weighted by molar-refractivity contribution is 9.10. The van der Waals surface area contributed by atoms with E-state index in [1.807, 2.05) is 6.92 Å². The summed E-state index contributed by atoms with van der Waals surface area (Å²) in [6.07, 6.45) is 1.78. The number of amides is 1. The van der Waals surface area contributed by atoms with Gasteiger partial charge in [0.25, 0.3) is 11.6 Å². The first-order valence-corrected chi connectivity index (χ1v) is 10.9. The monoisotopic (exact) mass is 505 g/mol. The number of hydrogen-bond donors (Lipinski definition) is 0. The number of ether oxygens (including phenoxy) is 2. The van der Waals surface area contributed by atoms with E-state index in [4.69, 9.17) is 9.47 Å². The molecule has 1 heterocycles. The summed E-state index contributed by atoms with van der Waals surface area (Å²) >= 11 is 4.83. The second-order valence-corrected chi connectivity index (χ2v) is 8.31. The van der Waals surface area contributed by atoms with Gasteiger partial charge in [0.05, 0.1) is 16.4 Å². The molecule has 0 spiro atoms. The Balaban J connectivity index is 1.87. The van der Waals surface area contributed by atoms with Crippen molar-refractivity contribution in [2.45, 2.75) is 13.5 Å². The molecule has 0 aromatic heterocycles. The SMILES string of the molecule is CCOc1cc(/C=C2\SC(=NC)N(C)C2=O)c(Br)cc1OCc1cccc([N+](=O)[O-])c1. The Hall–Kier alpha value is -2.85. The number of carbonyl (C=O) groups is 1. The molecule has 31 heavy (non-hydrogen) atoms. The summed E-state index contributed by atoms with van der Waals surface area (Å²) in [5, 5.41) is 11.6. The van der Waals surface area contributed by atoms with Crippen molar-refractivity contribution in [1.29, 1.82) is 0 Å². The van der Waals surface area contributed by atoms with Crippen LogP contribution in [0.3, 0.4) is 0 Å². The van der Waals surface area contributed by atoms with E-state index >= 15 is 0 Å². The molecule has 10 heteroatoms. The van der Waals surface area contributed by atoms with E-state index in [9.17, 15) is 14.9 Å². The van der Waals surface area contributed by atoms with E-state index in [2.05, 4.69) is 20.9 Å². The minimum Gasteiger partial charge on any atom is -0.490 e. The van der Waals surface area contributed by atoms with Gasteiger partial charge < -0.3 is 9.47 Å². The molecule has 0 saturated carbocycles. The Morgan fingerprint density at radius 3 is 2.65 bits per heavy atom. The van der Waals surface area contributed by atoms with Crippen LogP contribution in [0.2, 0.25) is 0 Å². The molecule has 1 amide bonds. The van der Waals surface area contributed by atoms with Crippen molar-refractivity contribution in [2.75, 3.05) is 20.7 Å². The highest BCUT2D eigenvalue weighted by Crippen LogP contribution is 2.38. The summed E-state index contributed by atoms with van der Waals surface area (Å²) in [5.41, 5.74) is 1.43. The average Bonchev–Trinajstić information content (AvgIpc) is 3.03. The molecule has 2 aromatic rings. The first-order chi connectivity index (χ1) is 14.8. The number of amidine groups is 1. The molecule has 3 rings (SSSR count). The van der Waals surface area contributed by atoms with Gasteiger partial charge in [-0.05, 0) is 48.0 Å².